The molecule has 0 radical (unpaired) electrons. The minimum Gasteiger partial charge on any atom is -0.462 e. The predicted molar refractivity (Wildman–Crippen MR) is 118 cm³/mol. The van der Waals surface area contributed by atoms with Crippen LogP contribution < -0.4 is 4.80 Å². The van der Waals surface area contributed by atoms with Crippen molar-refractivity contribution in [2.45, 2.75) is 33.7 Å². The quantitative estimate of drug-likeness (QED) is 0.404. The van der Waals surface area contributed by atoms with Gasteiger partial charge in [0.2, 0.25) is 0 Å². The molecule has 0 saturated heterocycles. The summed E-state index contributed by atoms with van der Waals surface area (Å²) in [5.41, 5.74) is 2.49. The van der Waals surface area contributed by atoms with Crippen LogP contribution >= 0.6 is 34.3 Å². The van der Waals surface area contributed by atoms with Crippen molar-refractivity contribution in [2.75, 3.05) is 6.61 Å². The van der Waals surface area contributed by atoms with E-state index in [1.807, 2.05) is 18.2 Å². The summed E-state index contributed by atoms with van der Waals surface area (Å²) in [4.78, 5) is 18.7. The average Bonchev–Trinajstić information content (AvgIpc) is 3.26. The third kappa shape index (κ3) is 5.13. The minimum atomic E-state index is -0.311. The van der Waals surface area contributed by atoms with Crippen molar-refractivity contribution in [3.8, 4) is 10.6 Å². The van der Waals surface area contributed by atoms with Crippen LogP contribution in [0.2, 0.25) is 4.34 Å². The van der Waals surface area contributed by atoms with E-state index in [2.05, 4.69) is 29.9 Å². The van der Waals surface area contributed by atoms with Crippen LogP contribution in [-0.4, -0.2) is 17.1 Å². The summed E-state index contributed by atoms with van der Waals surface area (Å²) in [5, 5.41) is 2.13. The van der Waals surface area contributed by atoms with Crippen molar-refractivity contribution in [3.05, 3.63) is 56.5 Å². The molecule has 1 aromatic carbocycles. The Hall–Kier alpha value is -1.89. The fourth-order valence-electron chi connectivity index (χ4n) is 2.67. The highest BCUT2D eigenvalue weighted by Gasteiger charge is 2.11. The van der Waals surface area contributed by atoms with E-state index in [1.165, 1.54) is 0 Å². The Morgan fingerprint density at radius 1 is 1.21 bits per heavy atom. The predicted octanol–water partition coefficient (Wildman–Crippen LogP) is 6.39. The second kappa shape index (κ2) is 9.54. The molecule has 0 fully saturated rings. The molecule has 0 aliphatic heterocycles. The molecule has 2 aromatic heterocycles. The lowest BCUT2D eigenvalue weighted by Gasteiger charge is -2.10. The summed E-state index contributed by atoms with van der Waals surface area (Å²) in [6.45, 7) is 7.50. The molecule has 0 bridgehead atoms. The fraction of sp³-hybridized carbons (Fsp3) is 0.333. The van der Waals surface area contributed by atoms with Gasteiger partial charge in [-0.05, 0) is 55.7 Å². The lowest BCUT2D eigenvalue weighted by molar-refractivity contribution is 0.0526. The lowest BCUT2D eigenvalue weighted by Crippen LogP contribution is -2.16. The van der Waals surface area contributed by atoms with Gasteiger partial charge in [0.15, 0.2) is 4.80 Å². The van der Waals surface area contributed by atoms with E-state index in [1.54, 1.807) is 41.7 Å². The molecular weight excluding hydrogens is 412 g/mol. The van der Waals surface area contributed by atoms with Crippen LogP contribution in [0.15, 0.2) is 46.8 Å². The molecule has 4 nitrogen and oxygen atoms in total. The first-order chi connectivity index (χ1) is 13.5. The van der Waals surface area contributed by atoms with Gasteiger partial charge in [0.05, 0.1) is 32.8 Å². The summed E-state index contributed by atoms with van der Waals surface area (Å²) >= 11 is 9.33. The Morgan fingerprint density at radius 2 is 1.96 bits per heavy atom. The van der Waals surface area contributed by atoms with Gasteiger partial charge in [-0.15, -0.1) is 22.7 Å². The largest absolute Gasteiger partial charge is 0.462 e. The van der Waals surface area contributed by atoms with Gasteiger partial charge >= 0.3 is 5.97 Å². The smallest absolute Gasteiger partial charge is 0.338 e. The maximum absolute atomic E-state index is 11.8. The molecule has 0 atom stereocenters. The highest BCUT2D eigenvalue weighted by Crippen LogP contribution is 2.31. The second-order valence-corrected chi connectivity index (χ2v) is 9.27. The summed E-state index contributed by atoms with van der Waals surface area (Å²) in [6.07, 6.45) is 1.07. The number of rotatable bonds is 7. The summed E-state index contributed by atoms with van der Waals surface area (Å²) in [5.74, 6) is 0.290. The lowest BCUT2D eigenvalue weighted by atomic mass is 10.1. The maximum atomic E-state index is 11.8. The molecule has 0 N–H and O–H groups in total. The van der Waals surface area contributed by atoms with Gasteiger partial charge in [0.1, 0.15) is 0 Å². The van der Waals surface area contributed by atoms with Gasteiger partial charge in [-0.25, -0.2) is 9.79 Å². The molecule has 0 amide bonds. The number of ether oxygens (including phenoxy) is 1. The second-order valence-electron chi connectivity index (χ2n) is 6.72. The van der Waals surface area contributed by atoms with Crippen molar-refractivity contribution >= 4 is 45.9 Å². The molecule has 7 heteroatoms. The molecule has 28 heavy (non-hydrogen) atoms. The maximum Gasteiger partial charge on any atom is 0.338 e. The molecule has 0 aliphatic rings. The number of benzene rings is 1. The van der Waals surface area contributed by atoms with Gasteiger partial charge in [-0.2, -0.15) is 0 Å². The molecule has 2 heterocycles. The number of hydrogen-bond donors (Lipinski definition) is 0. The van der Waals surface area contributed by atoms with Gasteiger partial charge in [-0.3, -0.25) is 0 Å². The van der Waals surface area contributed by atoms with Crippen LogP contribution in [0.4, 0.5) is 5.69 Å². The minimum absolute atomic E-state index is 0.311. The van der Waals surface area contributed by atoms with Crippen LogP contribution in [0.1, 0.15) is 37.6 Å². The molecule has 3 aromatic rings. The van der Waals surface area contributed by atoms with E-state index in [0.29, 0.717) is 18.1 Å². The van der Waals surface area contributed by atoms with Gasteiger partial charge < -0.3 is 9.30 Å². The van der Waals surface area contributed by atoms with Gasteiger partial charge in [-0.1, -0.05) is 25.4 Å². The highest BCUT2D eigenvalue weighted by atomic mass is 35.5. The first-order valence-corrected chi connectivity index (χ1v) is 11.3. The number of hydrogen-bond acceptors (Lipinski definition) is 5. The Bertz CT molecular complexity index is 1000. The Labute approximate surface area is 178 Å². The molecule has 3 rings (SSSR count). The first-order valence-electron chi connectivity index (χ1n) is 9.24. The Balaban J connectivity index is 1.96. The molecule has 0 spiro atoms. The molecule has 0 saturated carbocycles. The van der Waals surface area contributed by atoms with Gasteiger partial charge in [0.25, 0.3) is 0 Å². The van der Waals surface area contributed by atoms with Crippen molar-refractivity contribution in [1.29, 1.82) is 0 Å². The average molecular weight is 435 g/mol. The van der Waals surface area contributed by atoms with Crippen molar-refractivity contribution in [1.82, 2.24) is 4.57 Å². The van der Waals surface area contributed by atoms with Crippen LogP contribution in [0.25, 0.3) is 10.6 Å². The van der Waals surface area contributed by atoms with Crippen molar-refractivity contribution < 1.29 is 9.53 Å². The van der Waals surface area contributed by atoms with E-state index in [4.69, 9.17) is 21.3 Å². The topological polar surface area (TPSA) is 43.6 Å². The summed E-state index contributed by atoms with van der Waals surface area (Å²) in [6, 6.07) is 11.2. The van der Waals surface area contributed by atoms with Crippen LogP contribution in [0, 0.1) is 5.92 Å². The zero-order valence-electron chi connectivity index (χ0n) is 16.1. The van der Waals surface area contributed by atoms with Gasteiger partial charge in [0, 0.05) is 11.9 Å². The number of thiazole rings is 1. The number of carbonyl (C=O) groups is 1. The number of halogens is 1. The zero-order chi connectivity index (χ0) is 20.1. The third-order valence-electron chi connectivity index (χ3n) is 4.16. The van der Waals surface area contributed by atoms with E-state index in [-0.39, 0.29) is 5.97 Å². The summed E-state index contributed by atoms with van der Waals surface area (Å²) in [7, 11) is 0. The number of thiophene rings is 1. The fourth-order valence-corrected chi connectivity index (χ4v) is 4.76. The first kappa shape index (κ1) is 20.8. The van der Waals surface area contributed by atoms with Crippen LogP contribution in [0.5, 0.6) is 0 Å². The van der Waals surface area contributed by atoms with E-state index in [9.17, 15) is 4.79 Å². The monoisotopic (exact) mass is 434 g/mol. The number of aromatic nitrogens is 1. The SMILES string of the molecule is CCOC(=O)c1ccc(N=c2scc(-c3ccc(Cl)s3)n2CCC(C)C)cc1. The number of esters is 1. The van der Waals surface area contributed by atoms with Crippen LogP contribution in [-0.2, 0) is 11.3 Å². The van der Waals surface area contributed by atoms with E-state index in [0.717, 1.165) is 38.4 Å². The van der Waals surface area contributed by atoms with E-state index < -0.39 is 0 Å². The standard InChI is InChI=1S/C21H23ClN2O2S2/c1-4-26-20(25)15-5-7-16(8-6-15)23-21-24(12-11-14(2)3)17(13-27-21)18-9-10-19(22)28-18/h5-10,13-14H,4,11-12H2,1-3H3. The Morgan fingerprint density at radius 3 is 2.57 bits per heavy atom. The highest BCUT2D eigenvalue weighted by molar-refractivity contribution is 7.19. The Kier molecular flexibility index (Phi) is 7.10. The van der Waals surface area contributed by atoms with Crippen molar-refractivity contribution in [2.24, 2.45) is 10.9 Å². The number of carbonyl (C=O) groups excluding carboxylic acids is 1. The normalized spacial score (nSPS) is 12.0. The zero-order valence-corrected chi connectivity index (χ0v) is 18.5. The molecule has 148 valence electrons. The molecular formula is C21H23ClN2O2S2. The summed E-state index contributed by atoms with van der Waals surface area (Å²) < 4.78 is 8.07. The van der Waals surface area contributed by atoms with Crippen LogP contribution in [0.3, 0.4) is 0 Å². The van der Waals surface area contributed by atoms with Crippen molar-refractivity contribution in [3.63, 3.8) is 0 Å². The number of nitrogens with zero attached hydrogens (tertiary/aromatic N) is 2. The third-order valence-corrected chi connectivity index (χ3v) is 6.27. The van der Waals surface area contributed by atoms with E-state index >= 15 is 0 Å². The molecule has 0 aliphatic carbocycles. The molecule has 0 unspecified atom stereocenters.